The molecule has 1 aliphatic carbocycles. The Bertz CT molecular complexity index is 417. The molecule has 0 aliphatic heterocycles. The van der Waals surface area contributed by atoms with E-state index in [1.165, 1.54) is 12.5 Å². The zero-order valence-corrected chi connectivity index (χ0v) is 11.3. The molecule has 0 aromatic heterocycles. The first-order chi connectivity index (χ1) is 7.94. The van der Waals surface area contributed by atoms with Crippen molar-refractivity contribution in [2.45, 2.75) is 32.7 Å². The van der Waals surface area contributed by atoms with E-state index in [1.54, 1.807) is 12.1 Å². The summed E-state index contributed by atoms with van der Waals surface area (Å²) >= 11 is 5.91. The molecule has 2 atom stereocenters. The van der Waals surface area contributed by atoms with Crippen LogP contribution in [0.15, 0.2) is 18.2 Å². The molecule has 0 spiro atoms. The van der Waals surface area contributed by atoms with Crippen molar-refractivity contribution in [1.29, 1.82) is 0 Å². The molecule has 1 fully saturated rings. The smallest absolute Gasteiger partial charge is 0.126 e. The van der Waals surface area contributed by atoms with Crippen LogP contribution >= 0.6 is 11.6 Å². The van der Waals surface area contributed by atoms with Crippen molar-refractivity contribution in [3.8, 4) is 0 Å². The van der Waals surface area contributed by atoms with E-state index in [1.807, 2.05) is 7.05 Å². The molecule has 1 nitrogen and oxygen atoms in total. The third-order valence-corrected chi connectivity index (χ3v) is 4.13. The van der Waals surface area contributed by atoms with E-state index in [0.29, 0.717) is 34.4 Å². The quantitative estimate of drug-likeness (QED) is 0.866. The Kier molecular flexibility index (Phi) is 3.46. The molecule has 17 heavy (non-hydrogen) atoms. The van der Waals surface area contributed by atoms with Gasteiger partial charge in [-0.1, -0.05) is 25.4 Å². The van der Waals surface area contributed by atoms with Crippen LogP contribution in [-0.2, 0) is 6.42 Å². The SMILES string of the molecule is CNC(Cc1cc(Cl)ccc1F)C1CC1(C)C. The molecular formula is C14H19ClFN. The van der Waals surface area contributed by atoms with Gasteiger partial charge in [-0.2, -0.15) is 0 Å². The number of nitrogens with one attached hydrogen (secondary N) is 1. The third kappa shape index (κ3) is 2.80. The van der Waals surface area contributed by atoms with E-state index in [4.69, 9.17) is 11.6 Å². The predicted molar refractivity (Wildman–Crippen MR) is 69.8 cm³/mol. The second kappa shape index (κ2) is 4.58. The summed E-state index contributed by atoms with van der Waals surface area (Å²) in [6.45, 7) is 4.52. The lowest BCUT2D eigenvalue weighted by atomic mass is 9.97. The highest BCUT2D eigenvalue weighted by Crippen LogP contribution is 2.54. The molecule has 1 aromatic carbocycles. The average molecular weight is 256 g/mol. The van der Waals surface area contributed by atoms with Gasteiger partial charge in [-0.3, -0.25) is 0 Å². The number of rotatable bonds is 4. The van der Waals surface area contributed by atoms with Crippen LogP contribution in [0.4, 0.5) is 4.39 Å². The predicted octanol–water partition coefficient (Wildman–Crippen LogP) is 3.66. The first-order valence-electron chi connectivity index (χ1n) is 6.05. The van der Waals surface area contributed by atoms with Crippen molar-refractivity contribution in [3.63, 3.8) is 0 Å². The summed E-state index contributed by atoms with van der Waals surface area (Å²) in [7, 11) is 1.95. The van der Waals surface area contributed by atoms with Gasteiger partial charge in [0.15, 0.2) is 0 Å². The first kappa shape index (κ1) is 12.8. The largest absolute Gasteiger partial charge is 0.316 e. The highest BCUT2D eigenvalue weighted by atomic mass is 35.5. The Labute approximate surface area is 107 Å². The van der Waals surface area contributed by atoms with Crippen molar-refractivity contribution >= 4 is 11.6 Å². The lowest BCUT2D eigenvalue weighted by Crippen LogP contribution is -2.31. The van der Waals surface area contributed by atoms with E-state index in [2.05, 4.69) is 19.2 Å². The van der Waals surface area contributed by atoms with Crippen molar-refractivity contribution in [3.05, 3.63) is 34.6 Å². The Balaban J connectivity index is 2.11. The molecule has 0 radical (unpaired) electrons. The fourth-order valence-electron chi connectivity index (χ4n) is 2.58. The molecule has 2 rings (SSSR count). The van der Waals surface area contributed by atoms with Gasteiger partial charge in [-0.25, -0.2) is 4.39 Å². The van der Waals surface area contributed by atoms with Gasteiger partial charge in [-0.05, 0) is 55.0 Å². The van der Waals surface area contributed by atoms with Crippen molar-refractivity contribution in [2.24, 2.45) is 11.3 Å². The summed E-state index contributed by atoms with van der Waals surface area (Å²) in [6, 6.07) is 5.10. The Morgan fingerprint density at radius 3 is 2.71 bits per heavy atom. The summed E-state index contributed by atoms with van der Waals surface area (Å²) in [6.07, 6.45) is 1.91. The van der Waals surface area contributed by atoms with Crippen LogP contribution in [0.25, 0.3) is 0 Å². The molecule has 0 heterocycles. The number of halogens is 2. The maximum Gasteiger partial charge on any atom is 0.126 e. The second-order valence-electron chi connectivity index (χ2n) is 5.63. The summed E-state index contributed by atoms with van der Waals surface area (Å²) < 4.78 is 13.7. The van der Waals surface area contributed by atoms with Crippen LogP contribution in [0.1, 0.15) is 25.8 Å². The van der Waals surface area contributed by atoms with Crippen LogP contribution < -0.4 is 5.32 Å². The minimum Gasteiger partial charge on any atom is -0.316 e. The molecule has 1 aromatic rings. The first-order valence-corrected chi connectivity index (χ1v) is 6.43. The van der Waals surface area contributed by atoms with E-state index in [9.17, 15) is 4.39 Å². The lowest BCUT2D eigenvalue weighted by Gasteiger charge is -2.18. The molecule has 3 heteroatoms. The van der Waals surface area contributed by atoms with Crippen LogP contribution in [0, 0.1) is 17.2 Å². The minimum absolute atomic E-state index is 0.159. The number of hydrogen-bond acceptors (Lipinski definition) is 1. The summed E-state index contributed by atoms with van der Waals surface area (Å²) in [5.41, 5.74) is 1.10. The van der Waals surface area contributed by atoms with Gasteiger partial charge in [-0.15, -0.1) is 0 Å². The average Bonchev–Trinajstić information content (AvgIpc) is 2.89. The van der Waals surface area contributed by atoms with Gasteiger partial charge in [0.1, 0.15) is 5.82 Å². The Morgan fingerprint density at radius 1 is 1.53 bits per heavy atom. The highest BCUT2D eigenvalue weighted by molar-refractivity contribution is 6.30. The van der Waals surface area contributed by atoms with Crippen LogP contribution in [0.2, 0.25) is 5.02 Å². The minimum atomic E-state index is -0.159. The van der Waals surface area contributed by atoms with Gasteiger partial charge >= 0.3 is 0 Å². The van der Waals surface area contributed by atoms with Gasteiger partial charge in [0.25, 0.3) is 0 Å². The molecule has 1 aliphatic rings. The molecule has 0 amide bonds. The van der Waals surface area contributed by atoms with Gasteiger partial charge in [0.2, 0.25) is 0 Å². The van der Waals surface area contributed by atoms with Gasteiger partial charge < -0.3 is 5.32 Å². The monoisotopic (exact) mass is 255 g/mol. The zero-order valence-electron chi connectivity index (χ0n) is 10.6. The molecule has 1 saturated carbocycles. The fraction of sp³-hybridized carbons (Fsp3) is 0.571. The zero-order chi connectivity index (χ0) is 12.6. The van der Waals surface area contributed by atoms with Crippen LogP contribution in [0.3, 0.4) is 0 Å². The molecular weight excluding hydrogens is 237 g/mol. The number of hydrogen-bond donors (Lipinski definition) is 1. The Morgan fingerprint density at radius 2 is 2.18 bits per heavy atom. The van der Waals surface area contributed by atoms with Crippen molar-refractivity contribution < 1.29 is 4.39 Å². The summed E-state index contributed by atoms with van der Waals surface area (Å²) in [5.74, 6) is 0.471. The maximum absolute atomic E-state index is 13.7. The normalized spacial score (nSPS) is 23.5. The van der Waals surface area contributed by atoms with Gasteiger partial charge in [0.05, 0.1) is 0 Å². The number of likely N-dealkylation sites (N-methyl/N-ethyl adjacent to an activating group) is 1. The van der Waals surface area contributed by atoms with E-state index in [0.717, 1.165) is 0 Å². The fourth-order valence-corrected chi connectivity index (χ4v) is 2.77. The molecule has 2 unspecified atom stereocenters. The van der Waals surface area contributed by atoms with Crippen LogP contribution in [0.5, 0.6) is 0 Å². The second-order valence-corrected chi connectivity index (χ2v) is 6.07. The number of benzene rings is 1. The van der Waals surface area contributed by atoms with Crippen molar-refractivity contribution in [2.75, 3.05) is 7.05 Å². The molecule has 1 N–H and O–H groups in total. The summed E-state index contributed by atoms with van der Waals surface area (Å²) in [4.78, 5) is 0. The van der Waals surface area contributed by atoms with E-state index < -0.39 is 0 Å². The van der Waals surface area contributed by atoms with E-state index in [-0.39, 0.29) is 5.82 Å². The maximum atomic E-state index is 13.7. The lowest BCUT2D eigenvalue weighted by molar-refractivity contribution is 0.420. The standard InChI is InChI=1S/C14H19ClFN/c1-14(2)8-11(14)13(17-3)7-9-6-10(15)4-5-12(9)16/h4-6,11,13,17H,7-8H2,1-3H3. The van der Waals surface area contributed by atoms with Gasteiger partial charge in [0, 0.05) is 11.1 Å². The van der Waals surface area contributed by atoms with Crippen LogP contribution in [-0.4, -0.2) is 13.1 Å². The van der Waals surface area contributed by atoms with E-state index >= 15 is 0 Å². The topological polar surface area (TPSA) is 12.0 Å². The van der Waals surface area contributed by atoms with Crippen molar-refractivity contribution in [1.82, 2.24) is 5.32 Å². The third-order valence-electron chi connectivity index (χ3n) is 3.89. The summed E-state index contributed by atoms with van der Waals surface area (Å²) in [5, 5.41) is 3.91. The Hall–Kier alpha value is -0.600. The molecule has 0 saturated heterocycles. The molecule has 0 bridgehead atoms. The highest BCUT2D eigenvalue weighted by Gasteiger charge is 2.49. The molecule has 94 valence electrons.